The molecule has 138 valence electrons. The summed E-state index contributed by atoms with van der Waals surface area (Å²) < 4.78 is 33.1. The molecule has 0 spiro atoms. The quantitative estimate of drug-likeness (QED) is 0.468. The van der Waals surface area contributed by atoms with Crippen molar-refractivity contribution in [2.24, 2.45) is 5.84 Å². The van der Waals surface area contributed by atoms with E-state index >= 15 is 0 Å². The summed E-state index contributed by atoms with van der Waals surface area (Å²) in [6.07, 6.45) is 1.65. The molecule has 0 saturated carbocycles. The molecule has 3 rings (SSSR count). The molecule has 3 N–H and O–H groups in total. The molecule has 0 fully saturated rings. The first kappa shape index (κ1) is 18.2. The van der Waals surface area contributed by atoms with Crippen LogP contribution in [0.5, 0.6) is 5.75 Å². The molecule has 0 bridgehead atoms. The average molecular weight is 375 g/mol. The first-order chi connectivity index (χ1) is 12.4. The van der Waals surface area contributed by atoms with Crippen LogP contribution < -0.4 is 20.3 Å². The van der Waals surface area contributed by atoms with E-state index in [0.29, 0.717) is 17.9 Å². The lowest BCUT2D eigenvalue weighted by Crippen LogP contribution is -2.35. The molecule has 8 heteroatoms. The fourth-order valence-electron chi connectivity index (χ4n) is 3.01. The largest absolute Gasteiger partial charge is 0.483 e. The third kappa shape index (κ3) is 3.51. The summed E-state index contributed by atoms with van der Waals surface area (Å²) in [7, 11) is -3.67. The summed E-state index contributed by atoms with van der Waals surface area (Å²) in [4.78, 5) is 11.4. The minimum Gasteiger partial charge on any atom is -0.483 e. The molecule has 26 heavy (non-hydrogen) atoms. The monoisotopic (exact) mass is 375 g/mol. The van der Waals surface area contributed by atoms with E-state index in [4.69, 9.17) is 10.6 Å². The highest BCUT2D eigenvalue weighted by molar-refractivity contribution is 7.92. The Bertz CT molecular complexity index is 928. The third-order valence-corrected chi connectivity index (χ3v) is 6.13. The van der Waals surface area contributed by atoms with Crippen LogP contribution in [-0.4, -0.2) is 27.5 Å². The summed E-state index contributed by atoms with van der Waals surface area (Å²) in [5.41, 5.74) is 4.37. The first-order valence-electron chi connectivity index (χ1n) is 8.27. The van der Waals surface area contributed by atoms with Gasteiger partial charge in [-0.1, -0.05) is 18.2 Å². The van der Waals surface area contributed by atoms with Gasteiger partial charge in [0.05, 0.1) is 10.6 Å². The highest BCUT2D eigenvalue weighted by Gasteiger charge is 2.29. The number of hydrogen-bond donors (Lipinski definition) is 2. The zero-order valence-corrected chi connectivity index (χ0v) is 15.3. The van der Waals surface area contributed by atoms with Gasteiger partial charge in [0.2, 0.25) is 0 Å². The maximum atomic E-state index is 13.1. The Morgan fingerprint density at radius 1 is 1.27 bits per heavy atom. The van der Waals surface area contributed by atoms with Gasteiger partial charge in [0.1, 0.15) is 5.75 Å². The number of aryl methyl sites for hydroxylation is 2. The number of anilines is 1. The lowest BCUT2D eigenvalue weighted by Gasteiger charge is -2.30. The number of hydrogen-bond acceptors (Lipinski definition) is 5. The van der Waals surface area contributed by atoms with E-state index in [2.05, 4.69) is 0 Å². The van der Waals surface area contributed by atoms with Crippen LogP contribution in [0.15, 0.2) is 47.4 Å². The van der Waals surface area contributed by atoms with Gasteiger partial charge in [-0.2, -0.15) is 0 Å². The molecule has 1 amide bonds. The second-order valence-electron chi connectivity index (χ2n) is 6.09. The fourth-order valence-corrected chi connectivity index (χ4v) is 4.63. The van der Waals surface area contributed by atoms with Gasteiger partial charge in [-0.15, -0.1) is 0 Å². The molecule has 0 aromatic heterocycles. The highest BCUT2D eigenvalue weighted by Crippen LogP contribution is 2.33. The maximum absolute atomic E-state index is 13.1. The predicted octanol–water partition coefficient (Wildman–Crippen LogP) is 1.51. The van der Waals surface area contributed by atoms with Crippen molar-refractivity contribution in [1.82, 2.24) is 5.43 Å². The number of nitrogens with two attached hydrogens (primary N) is 1. The smallest absolute Gasteiger partial charge is 0.271 e. The third-order valence-electron chi connectivity index (χ3n) is 4.32. The highest BCUT2D eigenvalue weighted by atomic mass is 32.2. The normalized spacial score (nSPS) is 13.8. The van der Waals surface area contributed by atoms with Crippen molar-refractivity contribution < 1.29 is 17.9 Å². The number of fused-ring (bicyclic) bond motifs is 1. The van der Waals surface area contributed by atoms with Crippen molar-refractivity contribution in [3.63, 3.8) is 0 Å². The Labute approximate surface area is 152 Å². The van der Waals surface area contributed by atoms with Crippen molar-refractivity contribution in [2.45, 2.75) is 24.7 Å². The van der Waals surface area contributed by atoms with Crippen molar-refractivity contribution in [3.8, 4) is 5.75 Å². The van der Waals surface area contributed by atoms with Crippen LogP contribution in [0.3, 0.4) is 0 Å². The van der Waals surface area contributed by atoms with Gasteiger partial charge >= 0.3 is 0 Å². The van der Waals surface area contributed by atoms with Crippen molar-refractivity contribution >= 4 is 21.6 Å². The summed E-state index contributed by atoms with van der Waals surface area (Å²) >= 11 is 0. The standard InChI is InChI=1S/C18H21N3O4S/c1-13-11-15(8-9-17(13)25-12-18(22)20-19)26(23,24)21-10-4-6-14-5-2-3-7-16(14)21/h2-3,5,7-9,11H,4,6,10,12,19H2,1H3,(H,20,22). The number of benzene rings is 2. The number of carbonyl (C=O) groups is 1. The van der Waals surface area contributed by atoms with Gasteiger partial charge in [0.15, 0.2) is 6.61 Å². The number of nitrogens with zero attached hydrogens (tertiary/aromatic N) is 1. The zero-order valence-electron chi connectivity index (χ0n) is 14.4. The number of nitrogens with one attached hydrogen (secondary N) is 1. The van der Waals surface area contributed by atoms with Crippen LogP contribution in [0.1, 0.15) is 17.5 Å². The molecule has 2 aromatic carbocycles. The van der Waals surface area contributed by atoms with Crippen LogP contribution >= 0.6 is 0 Å². The Kier molecular flexibility index (Phi) is 5.15. The van der Waals surface area contributed by atoms with E-state index in [1.165, 1.54) is 10.4 Å². The second kappa shape index (κ2) is 7.35. The molecule has 7 nitrogen and oxygen atoms in total. The molecule has 1 heterocycles. The van der Waals surface area contributed by atoms with Crippen molar-refractivity contribution in [3.05, 3.63) is 53.6 Å². The number of sulfonamides is 1. The van der Waals surface area contributed by atoms with Crippen LogP contribution in [-0.2, 0) is 21.2 Å². The van der Waals surface area contributed by atoms with E-state index in [0.717, 1.165) is 24.1 Å². The molecule has 1 aliphatic heterocycles. The zero-order chi connectivity index (χ0) is 18.7. The van der Waals surface area contributed by atoms with E-state index in [9.17, 15) is 13.2 Å². The molecule has 2 aromatic rings. The SMILES string of the molecule is Cc1cc(S(=O)(=O)N2CCCc3ccccc32)ccc1OCC(=O)NN. The molecule has 0 saturated heterocycles. The summed E-state index contributed by atoms with van der Waals surface area (Å²) in [6.45, 7) is 1.95. The number of para-hydroxylation sites is 1. The topological polar surface area (TPSA) is 102 Å². The molecule has 0 aliphatic carbocycles. The number of ether oxygens (including phenoxy) is 1. The van der Waals surface area contributed by atoms with Crippen LogP contribution in [0.4, 0.5) is 5.69 Å². The minimum absolute atomic E-state index is 0.197. The van der Waals surface area contributed by atoms with Crippen LogP contribution in [0.25, 0.3) is 0 Å². The van der Waals surface area contributed by atoms with Gasteiger partial charge in [-0.05, 0) is 55.2 Å². The molecule has 0 atom stereocenters. The van der Waals surface area contributed by atoms with Gasteiger partial charge in [0, 0.05) is 6.54 Å². The Balaban J connectivity index is 1.89. The van der Waals surface area contributed by atoms with Crippen molar-refractivity contribution in [1.29, 1.82) is 0 Å². The summed E-state index contributed by atoms with van der Waals surface area (Å²) in [5.74, 6) is 4.98. The molecular formula is C18H21N3O4S. The number of amides is 1. The van der Waals surface area contributed by atoms with Gasteiger partial charge in [0.25, 0.3) is 15.9 Å². The van der Waals surface area contributed by atoms with Crippen LogP contribution in [0.2, 0.25) is 0 Å². The predicted molar refractivity (Wildman–Crippen MR) is 98.3 cm³/mol. The van der Waals surface area contributed by atoms with Gasteiger partial charge in [-0.3, -0.25) is 14.5 Å². The minimum atomic E-state index is -3.67. The van der Waals surface area contributed by atoms with E-state index in [1.807, 2.05) is 29.7 Å². The fraction of sp³-hybridized carbons (Fsp3) is 0.278. The lowest BCUT2D eigenvalue weighted by atomic mass is 10.0. The number of carbonyl (C=O) groups excluding carboxylic acids is 1. The molecule has 0 unspecified atom stereocenters. The van der Waals surface area contributed by atoms with E-state index < -0.39 is 15.9 Å². The molecule has 1 aliphatic rings. The first-order valence-corrected chi connectivity index (χ1v) is 9.71. The summed E-state index contributed by atoms with van der Waals surface area (Å²) in [6, 6.07) is 12.2. The maximum Gasteiger partial charge on any atom is 0.271 e. The van der Waals surface area contributed by atoms with Crippen LogP contribution in [0, 0.1) is 6.92 Å². The Hall–Kier alpha value is -2.58. The lowest BCUT2D eigenvalue weighted by molar-refractivity contribution is -0.123. The Morgan fingerprint density at radius 2 is 2.04 bits per heavy atom. The van der Waals surface area contributed by atoms with E-state index in [1.54, 1.807) is 19.1 Å². The second-order valence-corrected chi connectivity index (χ2v) is 7.96. The van der Waals surface area contributed by atoms with Gasteiger partial charge in [-0.25, -0.2) is 14.3 Å². The van der Waals surface area contributed by atoms with Crippen molar-refractivity contribution in [2.75, 3.05) is 17.5 Å². The number of rotatable bonds is 5. The Morgan fingerprint density at radius 3 is 2.77 bits per heavy atom. The molecule has 0 radical (unpaired) electrons. The average Bonchev–Trinajstić information content (AvgIpc) is 2.66. The van der Waals surface area contributed by atoms with Gasteiger partial charge < -0.3 is 4.74 Å². The van der Waals surface area contributed by atoms with E-state index in [-0.39, 0.29) is 11.5 Å². The number of hydrazine groups is 1. The summed E-state index contributed by atoms with van der Waals surface area (Å²) in [5, 5.41) is 0. The molecular weight excluding hydrogens is 354 g/mol.